The molecule has 0 aliphatic carbocycles. The predicted molar refractivity (Wildman–Crippen MR) is 62.2 cm³/mol. The molecule has 0 aliphatic heterocycles. The van der Waals surface area contributed by atoms with Crippen molar-refractivity contribution in [3.63, 3.8) is 0 Å². The van der Waals surface area contributed by atoms with E-state index in [1.807, 2.05) is 0 Å². The Morgan fingerprint density at radius 3 is 2.59 bits per heavy atom. The molecule has 3 N–H and O–H groups in total. The number of rotatable bonds is 2. The quantitative estimate of drug-likeness (QED) is 0.661. The third-order valence-electron chi connectivity index (χ3n) is 2.25. The van der Waals surface area contributed by atoms with Crippen LogP contribution in [0.15, 0.2) is 22.7 Å². The zero-order chi connectivity index (χ0) is 12.6. The van der Waals surface area contributed by atoms with Gasteiger partial charge in [0.15, 0.2) is 0 Å². The maximum Gasteiger partial charge on any atom is 0.280 e. The summed E-state index contributed by atoms with van der Waals surface area (Å²) in [6.45, 7) is 0. The molecule has 0 radical (unpaired) electrons. The highest BCUT2D eigenvalue weighted by Gasteiger charge is 2.14. The number of anilines is 1. The summed E-state index contributed by atoms with van der Waals surface area (Å²) in [7, 11) is 0. The molecule has 0 saturated carbocycles. The number of aromatic nitrogens is 1. The van der Waals surface area contributed by atoms with Crippen molar-refractivity contribution >= 4 is 32.5 Å². The van der Waals surface area contributed by atoms with Crippen LogP contribution in [0, 0.1) is 5.82 Å². The molecule has 0 unspecified atom stereocenters. The van der Waals surface area contributed by atoms with Crippen LogP contribution >= 0.6 is 15.9 Å². The zero-order valence-electron chi connectivity index (χ0n) is 8.35. The van der Waals surface area contributed by atoms with E-state index in [4.69, 9.17) is 5.84 Å². The van der Waals surface area contributed by atoms with Crippen LogP contribution in [0.25, 0.3) is 10.9 Å². The Labute approximate surface area is 103 Å². The lowest BCUT2D eigenvalue weighted by atomic mass is 10.1. The summed E-state index contributed by atoms with van der Waals surface area (Å²) in [5.74, 6) is 4.67. The molecule has 0 saturated heterocycles. The van der Waals surface area contributed by atoms with Crippen LogP contribution in [0.4, 0.5) is 18.9 Å². The van der Waals surface area contributed by atoms with E-state index in [0.717, 1.165) is 12.1 Å². The van der Waals surface area contributed by atoms with Crippen LogP contribution in [0.2, 0.25) is 0 Å². The first-order valence-corrected chi connectivity index (χ1v) is 5.36. The lowest BCUT2D eigenvalue weighted by Crippen LogP contribution is -2.08. The average molecular weight is 306 g/mol. The minimum Gasteiger partial charge on any atom is -0.323 e. The summed E-state index contributed by atoms with van der Waals surface area (Å²) in [5.41, 5.74) is 2.23. The molecule has 0 fully saturated rings. The Morgan fingerprint density at radius 1 is 1.29 bits per heavy atom. The average Bonchev–Trinajstić information content (AvgIpc) is 2.29. The van der Waals surface area contributed by atoms with Gasteiger partial charge in [-0.25, -0.2) is 18.2 Å². The number of pyridine rings is 1. The smallest absolute Gasteiger partial charge is 0.280 e. The van der Waals surface area contributed by atoms with Crippen LogP contribution in [-0.2, 0) is 0 Å². The van der Waals surface area contributed by atoms with Gasteiger partial charge >= 0.3 is 0 Å². The Hall–Kier alpha value is -1.34. The minimum absolute atomic E-state index is 0.122. The van der Waals surface area contributed by atoms with Gasteiger partial charge in [-0.3, -0.25) is 5.84 Å². The number of nitrogen functional groups attached to an aromatic ring is 1. The molecule has 0 atom stereocenters. The number of hydrogen-bond donors (Lipinski definition) is 2. The second-order valence-electron chi connectivity index (χ2n) is 3.32. The topological polar surface area (TPSA) is 50.9 Å². The summed E-state index contributed by atoms with van der Waals surface area (Å²) in [6.07, 6.45) is -2.74. The van der Waals surface area contributed by atoms with E-state index in [-0.39, 0.29) is 15.7 Å². The Balaban J connectivity index is 2.78. The Bertz CT molecular complexity index is 574. The molecule has 0 amide bonds. The number of nitrogens with one attached hydrogen (secondary N) is 1. The van der Waals surface area contributed by atoms with E-state index in [9.17, 15) is 13.2 Å². The van der Waals surface area contributed by atoms with Gasteiger partial charge in [-0.2, -0.15) is 0 Å². The molecule has 7 heteroatoms. The van der Waals surface area contributed by atoms with Gasteiger partial charge in [-0.15, -0.1) is 0 Å². The number of hydrazine groups is 1. The molecule has 2 rings (SSSR count). The highest BCUT2D eigenvalue weighted by molar-refractivity contribution is 9.10. The molecular weight excluding hydrogens is 299 g/mol. The fourth-order valence-electron chi connectivity index (χ4n) is 1.47. The third-order valence-corrected chi connectivity index (χ3v) is 2.86. The summed E-state index contributed by atoms with van der Waals surface area (Å²) in [4.78, 5) is 3.68. The molecule has 0 aliphatic rings. The van der Waals surface area contributed by atoms with E-state index in [1.165, 1.54) is 6.07 Å². The van der Waals surface area contributed by atoms with Crippen LogP contribution in [-0.4, -0.2) is 4.98 Å². The number of fused-ring (bicyclic) bond motifs is 1. The van der Waals surface area contributed by atoms with Crippen molar-refractivity contribution < 1.29 is 13.2 Å². The van der Waals surface area contributed by atoms with E-state index in [2.05, 4.69) is 26.3 Å². The molecule has 1 aromatic heterocycles. The van der Waals surface area contributed by atoms with E-state index >= 15 is 0 Å². The number of hydrogen-bond acceptors (Lipinski definition) is 3. The lowest BCUT2D eigenvalue weighted by molar-refractivity contribution is 0.146. The number of nitrogens with zero attached hydrogens (tertiary/aromatic N) is 1. The SMILES string of the molecule is NNc1cc(C(F)F)nc2cc(F)c(Br)cc12. The fraction of sp³-hybridized carbons (Fsp3) is 0.100. The molecule has 1 heterocycles. The number of alkyl halides is 2. The highest BCUT2D eigenvalue weighted by atomic mass is 79.9. The standard InChI is InChI=1S/C10H7BrF3N3/c11-5-1-4-7(2-6(5)12)16-9(10(13)14)3-8(4)17-15/h1-3,10H,15H2,(H,16,17). The van der Waals surface area contributed by atoms with Crippen molar-refractivity contribution in [1.82, 2.24) is 4.98 Å². The molecule has 17 heavy (non-hydrogen) atoms. The van der Waals surface area contributed by atoms with Crippen LogP contribution in [0.3, 0.4) is 0 Å². The first kappa shape index (κ1) is 12.1. The van der Waals surface area contributed by atoms with Crippen molar-refractivity contribution in [3.05, 3.63) is 34.2 Å². The number of nitrogens with two attached hydrogens (primary N) is 1. The Kier molecular flexibility index (Phi) is 3.21. The van der Waals surface area contributed by atoms with E-state index in [0.29, 0.717) is 5.39 Å². The largest absolute Gasteiger partial charge is 0.323 e. The number of halogens is 4. The third kappa shape index (κ3) is 2.20. The maximum absolute atomic E-state index is 13.3. The molecule has 1 aromatic carbocycles. The van der Waals surface area contributed by atoms with Gasteiger partial charge < -0.3 is 5.43 Å². The van der Waals surface area contributed by atoms with Gasteiger partial charge in [-0.05, 0) is 28.1 Å². The van der Waals surface area contributed by atoms with Crippen molar-refractivity contribution in [1.29, 1.82) is 0 Å². The first-order valence-electron chi connectivity index (χ1n) is 4.57. The summed E-state index contributed by atoms with van der Waals surface area (Å²) >= 11 is 3.01. The maximum atomic E-state index is 13.3. The summed E-state index contributed by atoms with van der Waals surface area (Å²) < 4.78 is 38.6. The number of benzene rings is 1. The summed E-state index contributed by atoms with van der Waals surface area (Å²) in [5, 5.41) is 0.463. The van der Waals surface area contributed by atoms with Crippen molar-refractivity contribution in [2.24, 2.45) is 5.84 Å². The second-order valence-corrected chi connectivity index (χ2v) is 4.18. The van der Waals surface area contributed by atoms with Crippen LogP contribution in [0.1, 0.15) is 12.1 Å². The summed E-state index contributed by atoms with van der Waals surface area (Å²) in [6, 6.07) is 3.64. The van der Waals surface area contributed by atoms with E-state index < -0.39 is 17.9 Å². The molecular formula is C10H7BrF3N3. The molecule has 3 nitrogen and oxygen atoms in total. The first-order chi connectivity index (χ1) is 8.02. The van der Waals surface area contributed by atoms with Crippen molar-refractivity contribution in [2.45, 2.75) is 6.43 Å². The minimum atomic E-state index is -2.74. The monoisotopic (exact) mass is 305 g/mol. The molecule has 90 valence electrons. The fourth-order valence-corrected chi connectivity index (χ4v) is 1.82. The highest BCUT2D eigenvalue weighted by Crippen LogP contribution is 2.30. The molecule has 0 spiro atoms. The van der Waals surface area contributed by atoms with Gasteiger partial charge in [0.05, 0.1) is 15.7 Å². The van der Waals surface area contributed by atoms with Crippen LogP contribution < -0.4 is 11.3 Å². The predicted octanol–water partition coefficient (Wildman–Crippen LogP) is 3.36. The van der Waals surface area contributed by atoms with E-state index in [1.54, 1.807) is 0 Å². The second kappa shape index (κ2) is 4.50. The van der Waals surface area contributed by atoms with Crippen molar-refractivity contribution in [3.8, 4) is 0 Å². The van der Waals surface area contributed by atoms with Gasteiger partial charge in [-0.1, -0.05) is 0 Å². The molecule has 0 bridgehead atoms. The van der Waals surface area contributed by atoms with Crippen LogP contribution in [0.5, 0.6) is 0 Å². The van der Waals surface area contributed by atoms with Gasteiger partial charge in [0.25, 0.3) is 6.43 Å². The zero-order valence-corrected chi connectivity index (χ0v) is 9.93. The lowest BCUT2D eigenvalue weighted by Gasteiger charge is -2.09. The van der Waals surface area contributed by atoms with Gasteiger partial charge in [0.1, 0.15) is 11.5 Å². The van der Waals surface area contributed by atoms with Gasteiger partial charge in [0.2, 0.25) is 0 Å². The van der Waals surface area contributed by atoms with Crippen molar-refractivity contribution in [2.75, 3.05) is 5.43 Å². The van der Waals surface area contributed by atoms with Gasteiger partial charge in [0, 0.05) is 11.5 Å². The molecule has 2 aromatic rings. The Morgan fingerprint density at radius 2 is 2.00 bits per heavy atom. The normalized spacial score (nSPS) is 11.2.